The summed E-state index contributed by atoms with van der Waals surface area (Å²) in [4.78, 5) is 10.6. The van der Waals surface area contributed by atoms with Crippen molar-refractivity contribution >= 4 is 5.97 Å². The van der Waals surface area contributed by atoms with Crippen molar-refractivity contribution in [2.45, 2.75) is 19.5 Å². The monoisotopic (exact) mass is 235 g/mol. The lowest BCUT2D eigenvalue weighted by molar-refractivity contribution is 0.0660. The van der Waals surface area contributed by atoms with E-state index in [9.17, 15) is 4.79 Å². The number of hydrogen-bond acceptors (Lipinski definition) is 4. The second-order valence-corrected chi connectivity index (χ2v) is 3.69. The predicted octanol–water partition coefficient (Wildman–Crippen LogP) is 2.42. The molecule has 2 aromatic rings. The third-order valence-corrected chi connectivity index (χ3v) is 2.42. The number of carbonyl (C=O) groups is 1. The molecule has 0 amide bonds. The molecule has 0 aromatic carbocycles. The van der Waals surface area contributed by atoms with Crippen LogP contribution in [0.1, 0.15) is 35.0 Å². The van der Waals surface area contributed by atoms with Gasteiger partial charge in [0, 0.05) is 0 Å². The van der Waals surface area contributed by atoms with Gasteiger partial charge >= 0.3 is 5.97 Å². The SMILES string of the molecule is C[C@@H](NCc1ccc(C(=O)O)o1)c1ccco1. The van der Waals surface area contributed by atoms with Crippen LogP contribution in [0.5, 0.6) is 0 Å². The molecular weight excluding hydrogens is 222 g/mol. The van der Waals surface area contributed by atoms with Crippen LogP contribution >= 0.6 is 0 Å². The quantitative estimate of drug-likeness (QED) is 0.832. The number of rotatable bonds is 5. The standard InChI is InChI=1S/C12H13NO4/c1-8(10-3-2-6-16-10)13-7-9-4-5-11(17-9)12(14)15/h2-6,8,13H,7H2,1H3,(H,14,15)/t8-/m1/s1. The highest BCUT2D eigenvalue weighted by atomic mass is 16.4. The number of furan rings is 2. The highest BCUT2D eigenvalue weighted by Crippen LogP contribution is 2.14. The fourth-order valence-corrected chi connectivity index (χ4v) is 1.48. The zero-order chi connectivity index (χ0) is 12.3. The Morgan fingerprint density at radius 2 is 2.29 bits per heavy atom. The zero-order valence-electron chi connectivity index (χ0n) is 9.34. The minimum absolute atomic E-state index is 0.0448. The fourth-order valence-electron chi connectivity index (χ4n) is 1.48. The van der Waals surface area contributed by atoms with Gasteiger partial charge in [-0.15, -0.1) is 0 Å². The predicted molar refractivity (Wildman–Crippen MR) is 59.6 cm³/mol. The van der Waals surface area contributed by atoms with Gasteiger partial charge in [0.2, 0.25) is 5.76 Å². The van der Waals surface area contributed by atoms with E-state index >= 15 is 0 Å². The first kappa shape index (κ1) is 11.5. The Balaban J connectivity index is 1.91. The Bertz CT molecular complexity index is 486. The van der Waals surface area contributed by atoms with Crippen LogP contribution in [0, 0.1) is 0 Å². The van der Waals surface area contributed by atoms with Crippen LogP contribution < -0.4 is 5.32 Å². The summed E-state index contributed by atoms with van der Waals surface area (Å²) in [5, 5.41) is 11.9. The van der Waals surface area contributed by atoms with Crippen molar-refractivity contribution < 1.29 is 18.7 Å². The first-order valence-electron chi connectivity index (χ1n) is 5.25. The first-order chi connectivity index (χ1) is 8.16. The molecule has 2 aromatic heterocycles. The number of carboxylic acid groups (broad SMARTS) is 1. The Morgan fingerprint density at radius 3 is 2.88 bits per heavy atom. The number of carboxylic acids is 1. The van der Waals surface area contributed by atoms with Gasteiger partial charge in [0.15, 0.2) is 0 Å². The number of hydrogen-bond donors (Lipinski definition) is 2. The third kappa shape index (κ3) is 2.76. The summed E-state index contributed by atoms with van der Waals surface area (Å²) in [5.41, 5.74) is 0. The maximum Gasteiger partial charge on any atom is 0.371 e. The van der Waals surface area contributed by atoms with Crippen molar-refractivity contribution in [3.63, 3.8) is 0 Å². The van der Waals surface area contributed by atoms with Crippen molar-refractivity contribution in [3.8, 4) is 0 Å². The van der Waals surface area contributed by atoms with Crippen molar-refractivity contribution in [1.29, 1.82) is 0 Å². The summed E-state index contributed by atoms with van der Waals surface area (Å²) in [6.45, 7) is 2.41. The van der Waals surface area contributed by atoms with E-state index in [1.54, 1.807) is 12.3 Å². The van der Waals surface area contributed by atoms with Gasteiger partial charge in [-0.25, -0.2) is 4.79 Å². The molecule has 0 spiro atoms. The molecule has 0 saturated heterocycles. The van der Waals surface area contributed by atoms with E-state index in [0.29, 0.717) is 12.3 Å². The smallest absolute Gasteiger partial charge is 0.371 e. The van der Waals surface area contributed by atoms with E-state index in [0.717, 1.165) is 5.76 Å². The fraction of sp³-hybridized carbons (Fsp3) is 0.250. The Hall–Kier alpha value is -2.01. The Morgan fingerprint density at radius 1 is 1.47 bits per heavy atom. The van der Waals surface area contributed by atoms with Gasteiger partial charge in [-0.2, -0.15) is 0 Å². The van der Waals surface area contributed by atoms with Crippen molar-refractivity contribution in [2.75, 3.05) is 0 Å². The molecule has 5 nitrogen and oxygen atoms in total. The summed E-state index contributed by atoms with van der Waals surface area (Å²) >= 11 is 0. The molecule has 90 valence electrons. The molecule has 5 heteroatoms. The molecule has 2 N–H and O–H groups in total. The van der Waals surface area contributed by atoms with Crippen LogP contribution in [0.25, 0.3) is 0 Å². The van der Waals surface area contributed by atoms with Gasteiger partial charge in [-0.05, 0) is 31.2 Å². The lowest BCUT2D eigenvalue weighted by atomic mass is 10.2. The molecule has 0 fully saturated rings. The van der Waals surface area contributed by atoms with Crippen LogP contribution in [-0.2, 0) is 6.54 Å². The van der Waals surface area contributed by atoms with Gasteiger partial charge in [0.05, 0.1) is 18.8 Å². The molecule has 2 rings (SSSR count). The zero-order valence-corrected chi connectivity index (χ0v) is 9.34. The largest absolute Gasteiger partial charge is 0.475 e. The average Bonchev–Trinajstić information content (AvgIpc) is 2.97. The maximum absolute atomic E-state index is 10.6. The summed E-state index contributed by atoms with van der Waals surface area (Å²) < 4.78 is 10.4. The molecule has 0 aliphatic rings. The van der Waals surface area contributed by atoms with E-state index in [1.807, 2.05) is 19.1 Å². The van der Waals surface area contributed by atoms with Gasteiger partial charge in [-0.1, -0.05) is 0 Å². The van der Waals surface area contributed by atoms with E-state index in [-0.39, 0.29) is 11.8 Å². The minimum Gasteiger partial charge on any atom is -0.475 e. The molecule has 0 bridgehead atoms. The van der Waals surface area contributed by atoms with Gasteiger partial charge in [0.25, 0.3) is 0 Å². The average molecular weight is 235 g/mol. The van der Waals surface area contributed by atoms with Gasteiger partial charge in [-0.3, -0.25) is 0 Å². The molecule has 2 heterocycles. The van der Waals surface area contributed by atoms with E-state index in [1.165, 1.54) is 6.07 Å². The first-order valence-corrected chi connectivity index (χ1v) is 5.25. The third-order valence-electron chi connectivity index (χ3n) is 2.42. The van der Waals surface area contributed by atoms with E-state index in [4.69, 9.17) is 13.9 Å². The van der Waals surface area contributed by atoms with Crippen LogP contribution in [0.4, 0.5) is 0 Å². The summed E-state index contributed by atoms with van der Waals surface area (Å²) in [6.07, 6.45) is 1.61. The molecule has 0 saturated carbocycles. The number of nitrogens with one attached hydrogen (secondary N) is 1. The lowest BCUT2D eigenvalue weighted by Crippen LogP contribution is -2.17. The second kappa shape index (κ2) is 4.88. The minimum atomic E-state index is -1.06. The van der Waals surface area contributed by atoms with Gasteiger partial charge < -0.3 is 19.3 Å². The van der Waals surface area contributed by atoms with Crippen molar-refractivity contribution in [2.24, 2.45) is 0 Å². The number of aromatic carboxylic acids is 1. The second-order valence-electron chi connectivity index (χ2n) is 3.69. The molecular formula is C12H13NO4. The lowest BCUT2D eigenvalue weighted by Gasteiger charge is -2.09. The normalized spacial score (nSPS) is 12.5. The van der Waals surface area contributed by atoms with E-state index in [2.05, 4.69) is 5.32 Å². The molecule has 0 aliphatic carbocycles. The molecule has 1 atom stereocenters. The van der Waals surface area contributed by atoms with Crippen LogP contribution in [0.15, 0.2) is 39.4 Å². The van der Waals surface area contributed by atoms with Crippen LogP contribution in [-0.4, -0.2) is 11.1 Å². The Labute approximate surface area is 98.0 Å². The summed E-state index contributed by atoms with van der Waals surface area (Å²) in [6, 6.07) is 6.83. The van der Waals surface area contributed by atoms with Crippen molar-refractivity contribution in [1.82, 2.24) is 5.32 Å². The summed E-state index contributed by atoms with van der Waals surface area (Å²) in [5.74, 6) is 0.304. The molecule has 17 heavy (non-hydrogen) atoms. The van der Waals surface area contributed by atoms with Crippen LogP contribution in [0.3, 0.4) is 0 Å². The van der Waals surface area contributed by atoms with E-state index < -0.39 is 5.97 Å². The molecule has 0 radical (unpaired) electrons. The van der Waals surface area contributed by atoms with Gasteiger partial charge in [0.1, 0.15) is 11.5 Å². The topological polar surface area (TPSA) is 75.6 Å². The van der Waals surface area contributed by atoms with Crippen molar-refractivity contribution in [3.05, 3.63) is 47.8 Å². The molecule has 0 unspecified atom stereocenters. The summed E-state index contributed by atoms with van der Waals surface area (Å²) in [7, 11) is 0. The highest BCUT2D eigenvalue weighted by Gasteiger charge is 2.11. The van der Waals surface area contributed by atoms with Crippen LogP contribution in [0.2, 0.25) is 0 Å². The Kier molecular flexibility index (Phi) is 3.30. The molecule has 0 aliphatic heterocycles. The highest BCUT2D eigenvalue weighted by molar-refractivity contribution is 5.84. The maximum atomic E-state index is 10.6.